The van der Waals surface area contributed by atoms with Crippen molar-refractivity contribution in [1.29, 1.82) is 0 Å². The van der Waals surface area contributed by atoms with E-state index in [0.717, 1.165) is 41.5 Å². The highest BCUT2D eigenvalue weighted by Gasteiger charge is 2.20. The van der Waals surface area contributed by atoms with Gasteiger partial charge in [-0.25, -0.2) is 0 Å². The van der Waals surface area contributed by atoms with Crippen molar-refractivity contribution in [2.75, 3.05) is 0 Å². The van der Waals surface area contributed by atoms with E-state index >= 15 is 0 Å². The molecule has 0 atom stereocenters. The lowest BCUT2D eigenvalue weighted by atomic mass is 9.86. The van der Waals surface area contributed by atoms with Gasteiger partial charge >= 0.3 is 0 Å². The van der Waals surface area contributed by atoms with Crippen LogP contribution in [-0.4, -0.2) is 5.78 Å². The van der Waals surface area contributed by atoms with E-state index in [1.807, 2.05) is 0 Å². The zero-order valence-corrected chi connectivity index (χ0v) is 16.3. The molecule has 0 aliphatic heterocycles. The Kier molecular flexibility index (Phi) is 4.57. The number of carbonyl (C=O) groups excluding carboxylic acids is 1. The van der Waals surface area contributed by atoms with Gasteiger partial charge in [-0.2, -0.15) is 0 Å². The quantitative estimate of drug-likeness (QED) is 0.339. The highest BCUT2D eigenvalue weighted by Crippen LogP contribution is 2.30. The second-order valence-electron chi connectivity index (χ2n) is 7.70. The smallest absolute Gasteiger partial charge is 0.185 e. The van der Waals surface area contributed by atoms with Crippen LogP contribution in [-0.2, 0) is 4.79 Å². The number of hydrogen-bond acceptors (Lipinski definition) is 1. The molecule has 0 heterocycles. The molecule has 0 spiro atoms. The van der Waals surface area contributed by atoms with Gasteiger partial charge in [-0.3, -0.25) is 4.79 Å². The molecule has 0 unspecified atom stereocenters. The third-order valence-corrected chi connectivity index (χ3v) is 5.74. The van der Waals surface area contributed by atoms with Crippen LogP contribution in [0.2, 0.25) is 0 Å². The second kappa shape index (κ2) is 7.52. The predicted octanol–water partition coefficient (Wildman–Crippen LogP) is 7.21. The Morgan fingerprint density at radius 1 is 0.621 bits per heavy atom. The van der Waals surface area contributed by atoms with Crippen LogP contribution in [0.5, 0.6) is 0 Å². The average Bonchev–Trinajstić information content (AvgIpc) is 2.77. The van der Waals surface area contributed by atoms with Gasteiger partial charge in [0, 0.05) is 11.1 Å². The standard InChI is InChI=1S/C28H22O/c29-28-25(18-20-15-16-21-7-1-2-9-23(21)17-20)12-6-13-26(28)19-24-11-5-10-22-8-3-4-14-27(22)24/h1-5,7-11,14-19H,6,12-13H2. The fraction of sp³-hybridized carbons (Fsp3) is 0.107. The molecule has 5 rings (SSSR count). The summed E-state index contributed by atoms with van der Waals surface area (Å²) < 4.78 is 0. The van der Waals surface area contributed by atoms with E-state index in [9.17, 15) is 4.79 Å². The zero-order valence-electron chi connectivity index (χ0n) is 16.3. The fourth-order valence-corrected chi connectivity index (χ4v) is 4.24. The van der Waals surface area contributed by atoms with Gasteiger partial charge in [-0.05, 0) is 70.2 Å². The van der Waals surface area contributed by atoms with Crippen LogP contribution in [0.4, 0.5) is 0 Å². The maximum absolute atomic E-state index is 13.2. The summed E-state index contributed by atoms with van der Waals surface area (Å²) in [5.74, 6) is 0.192. The maximum atomic E-state index is 13.2. The van der Waals surface area contributed by atoms with E-state index in [4.69, 9.17) is 0 Å². The normalized spacial score (nSPS) is 17.4. The summed E-state index contributed by atoms with van der Waals surface area (Å²) in [4.78, 5) is 13.2. The van der Waals surface area contributed by atoms with E-state index in [2.05, 4.69) is 97.1 Å². The van der Waals surface area contributed by atoms with Gasteiger partial charge in [0.05, 0.1) is 0 Å². The molecule has 0 amide bonds. The Morgan fingerprint density at radius 3 is 2.17 bits per heavy atom. The van der Waals surface area contributed by atoms with Crippen LogP contribution in [0.25, 0.3) is 33.7 Å². The third-order valence-electron chi connectivity index (χ3n) is 5.74. The monoisotopic (exact) mass is 374 g/mol. The Hall–Kier alpha value is -3.45. The number of carbonyl (C=O) groups is 1. The number of benzene rings is 4. The third kappa shape index (κ3) is 3.52. The van der Waals surface area contributed by atoms with Crippen molar-refractivity contribution in [1.82, 2.24) is 0 Å². The van der Waals surface area contributed by atoms with Crippen molar-refractivity contribution in [3.8, 4) is 0 Å². The van der Waals surface area contributed by atoms with Crippen molar-refractivity contribution in [2.45, 2.75) is 19.3 Å². The number of rotatable bonds is 2. The SMILES string of the molecule is O=C1C(=Cc2ccc3ccccc3c2)CCCC1=Cc1cccc2ccccc12. The van der Waals surface area contributed by atoms with Gasteiger partial charge in [-0.15, -0.1) is 0 Å². The molecule has 1 aliphatic rings. The first-order valence-corrected chi connectivity index (χ1v) is 10.2. The first-order chi connectivity index (χ1) is 14.3. The lowest BCUT2D eigenvalue weighted by Crippen LogP contribution is -2.12. The minimum absolute atomic E-state index is 0.192. The maximum Gasteiger partial charge on any atom is 0.185 e. The Labute approximate surface area is 171 Å². The van der Waals surface area contributed by atoms with Crippen LogP contribution >= 0.6 is 0 Å². The van der Waals surface area contributed by atoms with E-state index in [-0.39, 0.29) is 5.78 Å². The largest absolute Gasteiger partial charge is 0.289 e. The average molecular weight is 374 g/mol. The molecule has 1 heteroatoms. The molecule has 0 radical (unpaired) electrons. The van der Waals surface area contributed by atoms with Gasteiger partial charge in [0.2, 0.25) is 0 Å². The summed E-state index contributed by atoms with van der Waals surface area (Å²) >= 11 is 0. The van der Waals surface area contributed by atoms with E-state index in [1.54, 1.807) is 0 Å². The number of allylic oxidation sites excluding steroid dienone is 2. The van der Waals surface area contributed by atoms with E-state index in [0.29, 0.717) is 0 Å². The number of Topliss-reactive ketones (excluding diaryl/α,β-unsaturated/α-hetero) is 1. The van der Waals surface area contributed by atoms with Gasteiger partial charge in [-0.1, -0.05) is 78.9 Å². The second-order valence-corrected chi connectivity index (χ2v) is 7.70. The first-order valence-electron chi connectivity index (χ1n) is 10.2. The van der Waals surface area contributed by atoms with Crippen molar-refractivity contribution >= 4 is 39.5 Å². The molecule has 0 aromatic heterocycles. The number of hydrogen-bond donors (Lipinski definition) is 0. The summed E-state index contributed by atoms with van der Waals surface area (Å²) in [6.45, 7) is 0. The molecule has 1 fully saturated rings. The molecule has 4 aromatic carbocycles. The van der Waals surface area contributed by atoms with Gasteiger partial charge in [0.15, 0.2) is 5.78 Å². The zero-order chi connectivity index (χ0) is 19.6. The summed E-state index contributed by atoms with van der Waals surface area (Å²) in [5.41, 5.74) is 4.05. The van der Waals surface area contributed by atoms with Crippen molar-refractivity contribution in [3.05, 3.63) is 107 Å². The lowest BCUT2D eigenvalue weighted by molar-refractivity contribution is -0.112. The molecular formula is C28H22O. The molecule has 140 valence electrons. The molecule has 0 bridgehead atoms. The van der Waals surface area contributed by atoms with Gasteiger partial charge in [0.1, 0.15) is 0 Å². The van der Waals surface area contributed by atoms with E-state index < -0.39 is 0 Å². The van der Waals surface area contributed by atoms with Crippen molar-refractivity contribution < 1.29 is 4.79 Å². The summed E-state index contributed by atoms with van der Waals surface area (Å²) in [5, 5.41) is 4.83. The minimum atomic E-state index is 0.192. The molecule has 0 saturated heterocycles. The van der Waals surface area contributed by atoms with Crippen molar-refractivity contribution in [2.24, 2.45) is 0 Å². The van der Waals surface area contributed by atoms with Crippen LogP contribution in [0, 0.1) is 0 Å². The van der Waals surface area contributed by atoms with Crippen LogP contribution < -0.4 is 0 Å². The molecule has 1 nitrogen and oxygen atoms in total. The Morgan fingerprint density at radius 2 is 1.31 bits per heavy atom. The van der Waals surface area contributed by atoms with Crippen LogP contribution in [0.15, 0.2) is 96.1 Å². The first kappa shape index (κ1) is 17.6. The molecule has 1 saturated carbocycles. The van der Waals surface area contributed by atoms with Crippen LogP contribution in [0.3, 0.4) is 0 Å². The van der Waals surface area contributed by atoms with Crippen molar-refractivity contribution in [3.63, 3.8) is 0 Å². The predicted molar refractivity (Wildman–Crippen MR) is 123 cm³/mol. The summed E-state index contributed by atoms with van der Waals surface area (Å²) in [7, 11) is 0. The minimum Gasteiger partial charge on any atom is -0.289 e. The topological polar surface area (TPSA) is 17.1 Å². The highest BCUT2D eigenvalue weighted by atomic mass is 16.1. The number of fused-ring (bicyclic) bond motifs is 2. The van der Waals surface area contributed by atoms with E-state index in [1.165, 1.54) is 21.5 Å². The van der Waals surface area contributed by atoms with Gasteiger partial charge < -0.3 is 0 Å². The Balaban J connectivity index is 1.51. The number of ketones is 1. The lowest BCUT2D eigenvalue weighted by Gasteiger charge is -2.17. The Bertz CT molecular complexity index is 1280. The molecule has 0 N–H and O–H groups in total. The highest BCUT2D eigenvalue weighted by molar-refractivity contribution is 6.14. The summed E-state index contributed by atoms with van der Waals surface area (Å²) in [6.07, 6.45) is 6.88. The molecule has 1 aliphatic carbocycles. The fourth-order valence-electron chi connectivity index (χ4n) is 4.24. The summed E-state index contributed by atoms with van der Waals surface area (Å²) in [6, 6.07) is 29.4. The molecule has 4 aromatic rings. The molecular weight excluding hydrogens is 352 g/mol. The van der Waals surface area contributed by atoms with Gasteiger partial charge in [0.25, 0.3) is 0 Å². The van der Waals surface area contributed by atoms with Crippen LogP contribution in [0.1, 0.15) is 30.4 Å². The molecule has 29 heavy (non-hydrogen) atoms.